The molecule has 0 bridgehead atoms. The molecule has 2 heteroatoms. The maximum absolute atomic E-state index is 11.5. The molecule has 1 heterocycles. The Bertz CT molecular complexity index is 222. The van der Waals surface area contributed by atoms with Crippen LogP contribution in [-0.2, 0) is 4.79 Å². The molecule has 0 aromatic carbocycles. The van der Waals surface area contributed by atoms with Crippen molar-refractivity contribution in [3.05, 3.63) is 25.3 Å². The summed E-state index contributed by atoms with van der Waals surface area (Å²) in [6, 6.07) is 0.407. The summed E-state index contributed by atoms with van der Waals surface area (Å²) in [5, 5.41) is 0. The van der Waals surface area contributed by atoms with Gasteiger partial charge < -0.3 is 4.90 Å². The van der Waals surface area contributed by atoms with Crippen LogP contribution in [0, 0.1) is 0 Å². The van der Waals surface area contributed by atoms with Gasteiger partial charge in [-0.15, -0.1) is 13.2 Å². The Hall–Kier alpha value is -1.05. The van der Waals surface area contributed by atoms with Gasteiger partial charge in [0, 0.05) is 19.0 Å². The van der Waals surface area contributed by atoms with Crippen molar-refractivity contribution in [1.82, 2.24) is 4.90 Å². The Labute approximate surface area is 86.3 Å². The number of carbonyl (C=O) groups is 1. The number of carbonyl (C=O) groups excluding carboxylic acids is 1. The molecule has 1 atom stereocenters. The van der Waals surface area contributed by atoms with Crippen LogP contribution >= 0.6 is 0 Å². The first-order valence-corrected chi connectivity index (χ1v) is 5.31. The highest BCUT2D eigenvalue weighted by Gasteiger charge is 2.28. The predicted octanol–water partition coefficient (Wildman–Crippen LogP) is 2.52. The van der Waals surface area contributed by atoms with Crippen LogP contribution in [0.4, 0.5) is 0 Å². The Balaban J connectivity index is 2.40. The van der Waals surface area contributed by atoms with Gasteiger partial charge in [-0.05, 0) is 25.7 Å². The third-order valence-corrected chi connectivity index (χ3v) is 2.70. The lowest BCUT2D eigenvalue weighted by atomic mass is 10.1. The summed E-state index contributed by atoms with van der Waals surface area (Å²) in [7, 11) is 0. The van der Waals surface area contributed by atoms with Gasteiger partial charge in [0.05, 0.1) is 0 Å². The average molecular weight is 193 g/mol. The number of unbranched alkanes of at least 4 members (excludes halogenated alkanes) is 1. The average Bonchev–Trinajstić information content (AvgIpc) is 2.50. The summed E-state index contributed by atoms with van der Waals surface area (Å²) in [5.74, 6) is 0.306. The van der Waals surface area contributed by atoms with Crippen LogP contribution in [0.1, 0.15) is 32.1 Å². The minimum absolute atomic E-state index is 0.306. The topological polar surface area (TPSA) is 20.3 Å². The Morgan fingerprint density at radius 3 is 2.86 bits per heavy atom. The van der Waals surface area contributed by atoms with Gasteiger partial charge in [-0.1, -0.05) is 12.2 Å². The highest BCUT2D eigenvalue weighted by Crippen LogP contribution is 2.21. The summed E-state index contributed by atoms with van der Waals surface area (Å²) in [6.07, 6.45) is 8.48. The molecule has 14 heavy (non-hydrogen) atoms. The smallest absolute Gasteiger partial charge is 0.222 e. The fourth-order valence-corrected chi connectivity index (χ4v) is 1.94. The first kappa shape index (κ1) is 11.0. The van der Waals surface area contributed by atoms with Crippen LogP contribution in [0.15, 0.2) is 25.3 Å². The normalized spacial score (nSPS) is 21.3. The van der Waals surface area contributed by atoms with E-state index in [0.29, 0.717) is 18.4 Å². The van der Waals surface area contributed by atoms with E-state index in [1.165, 1.54) is 0 Å². The van der Waals surface area contributed by atoms with Crippen molar-refractivity contribution < 1.29 is 4.79 Å². The van der Waals surface area contributed by atoms with Gasteiger partial charge in [-0.25, -0.2) is 0 Å². The standard InChI is InChI=1S/C12H19NO/c1-3-5-6-10-13-11(7-4-2)8-9-12(13)14/h3-4,11H,1-2,5-10H2. The zero-order valence-corrected chi connectivity index (χ0v) is 8.74. The second kappa shape index (κ2) is 5.63. The zero-order valence-electron chi connectivity index (χ0n) is 8.74. The molecular weight excluding hydrogens is 174 g/mol. The van der Waals surface area contributed by atoms with Crippen LogP contribution in [0.2, 0.25) is 0 Å². The van der Waals surface area contributed by atoms with Gasteiger partial charge in [0.2, 0.25) is 5.91 Å². The molecule has 1 aliphatic heterocycles. The lowest BCUT2D eigenvalue weighted by Crippen LogP contribution is -2.33. The van der Waals surface area contributed by atoms with Crippen molar-refractivity contribution in [1.29, 1.82) is 0 Å². The number of hydrogen-bond donors (Lipinski definition) is 0. The molecular formula is C12H19NO. The number of allylic oxidation sites excluding steroid dienone is 1. The first-order chi connectivity index (χ1) is 6.79. The molecule has 1 aliphatic rings. The van der Waals surface area contributed by atoms with Crippen molar-refractivity contribution in [2.45, 2.75) is 38.1 Å². The van der Waals surface area contributed by atoms with Gasteiger partial charge >= 0.3 is 0 Å². The summed E-state index contributed by atoms with van der Waals surface area (Å²) < 4.78 is 0. The van der Waals surface area contributed by atoms with E-state index in [0.717, 1.165) is 32.2 Å². The van der Waals surface area contributed by atoms with Gasteiger partial charge in [-0.2, -0.15) is 0 Å². The second-order valence-electron chi connectivity index (χ2n) is 3.73. The molecule has 0 radical (unpaired) electrons. The van der Waals surface area contributed by atoms with E-state index in [1.807, 2.05) is 17.1 Å². The Morgan fingerprint density at radius 1 is 1.43 bits per heavy atom. The first-order valence-electron chi connectivity index (χ1n) is 5.31. The molecule has 0 N–H and O–H groups in total. The van der Waals surface area contributed by atoms with Gasteiger partial charge in [0.1, 0.15) is 0 Å². The zero-order chi connectivity index (χ0) is 10.4. The van der Waals surface area contributed by atoms with Crippen molar-refractivity contribution in [3.8, 4) is 0 Å². The van der Waals surface area contributed by atoms with E-state index >= 15 is 0 Å². The van der Waals surface area contributed by atoms with Crippen molar-refractivity contribution >= 4 is 5.91 Å². The number of nitrogens with zero attached hydrogens (tertiary/aromatic N) is 1. The summed E-state index contributed by atoms with van der Waals surface area (Å²) >= 11 is 0. The van der Waals surface area contributed by atoms with E-state index in [9.17, 15) is 4.79 Å². The minimum Gasteiger partial charge on any atom is -0.339 e. The quantitative estimate of drug-likeness (QED) is 0.469. The summed E-state index contributed by atoms with van der Waals surface area (Å²) in [4.78, 5) is 13.5. The molecule has 1 unspecified atom stereocenters. The Morgan fingerprint density at radius 2 is 2.21 bits per heavy atom. The molecule has 1 rings (SSSR count). The lowest BCUT2D eigenvalue weighted by Gasteiger charge is -2.23. The molecule has 1 amide bonds. The van der Waals surface area contributed by atoms with Crippen molar-refractivity contribution in [2.24, 2.45) is 0 Å². The third-order valence-electron chi connectivity index (χ3n) is 2.70. The van der Waals surface area contributed by atoms with Gasteiger partial charge in [0.15, 0.2) is 0 Å². The summed E-state index contributed by atoms with van der Waals surface area (Å²) in [6.45, 7) is 8.28. The fraction of sp³-hybridized carbons (Fsp3) is 0.583. The molecule has 0 aromatic heterocycles. The number of likely N-dealkylation sites (tertiary alicyclic amines) is 1. The molecule has 0 aliphatic carbocycles. The van der Waals surface area contributed by atoms with E-state index in [-0.39, 0.29) is 0 Å². The lowest BCUT2D eigenvalue weighted by molar-refractivity contribution is -0.128. The van der Waals surface area contributed by atoms with Crippen molar-refractivity contribution in [3.63, 3.8) is 0 Å². The monoisotopic (exact) mass is 193 g/mol. The largest absolute Gasteiger partial charge is 0.339 e. The SMILES string of the molecule is C=CCCCN1C(=O)CCC1CC=C. The van der Waals surface area contributed by atoms with Crippen LogP contribution in [-0.4, -0.2) is 23.4 Å². The number of hydrogen-bond acceptors (Lipinski definition) is 1. The molecule has 1 fully saturated rings. The van der Waals surface area contributed by atoms with E-state index < -0.39 is 0 Å². The Kier molecular flexibility index (Phi) is 4.44. The van der Waals surface area contributed by atoms with Crippen LogP contribution < -0.4 is 0 Å². The maximum Gasteiger partial charge on any atom is 0.222 e. The van der Waals surface area contributed by atoms with Crippen LogP contribution in [0.5, 0.6) is 0 Å². The van der Waals surface area contributed by atoms with Gasteiger partial charge in [0.25, 0.3) is 0 Å². The van der Waals surface area contributed by atoms with E-state index in [4.69, 9.17) is 0 Å². The molecule has 78 valence electrons. The molecule has 0 saturated carbocycles. The van der Waals surface area contributed by atoms with Gasteiger partial charge in [-0.3, -0.25) is 4.79 Å². The second-order valence-corrected chi connectivity index (χ2v) is 3.73. The summed E-state index contributed by atoms with van der Waals surface area (Å²) in [5.41, 5.74) is 0. The molecule has 1 saturated heterocycles. The van der Waals surface area contributed by atoms with Crippen molar-refractivity contribution in [2.75, 3.05) is 6.54 Å². The number of amides is 1. The molecule has 0 spiro atoms. The third kappa shape index (κ3) is 2.72. The fourth-order valence-electron chi connectivity index (χ4n) is 1.94. The minimum atomic E-state index is 0.306. The highest BCUT2D eigenvalue weighted by molar-refractivity contribution is 5.78. The number of rotatable bonds is 6. The van der Waals surface area contributed by atoms with Crippen LogP contribution in [0.25, 0.3) is 0 Å². The molecule has 2 nitrogen and oxygen atoms in total. The van der Waals surface area contributed by atoms with E-state index in [1.54, 1.807) is 0 Å². The van der Waals surface area contributed by atoms with Crippen LogP contribution in [0.3, 0.4) is 0 Å². The molecule has 0 aromatic rings. The van der Waals surface area contributed by atoms with E-state index in [2.05, 4.69) is 13.2 Å². The highest BCUT2D eigenvalue weighted by atomic mass is 16.2. The predicted molar refractivity (Wildman–Crippen MR) is 59.0 cm³/mol. The maximum atomic E-state index is 11.5.